The lowest BCUT2D eigenvalue weighted by Crippen LogP contribution is -2.43. The van der Waals surface area contributed by atoms with E-state index in [1.165, 1.54) is 5.56 Å². The second-order valence-electron chi connectivity index (χ2n) is 10.1. The van der Waals surface area contributed by atoms with Crippen LogP contribution >= 0.6 is 0 Å². The number of methoxy groups -OCH3 is 1. The molecule has 2 aliphatic rings. The van der Waals surface area contributed by atoms with Crippen LogP contribution in [0.1, 0.15) is 18.4 Å². The number of para-hydroxylation sites is 1. The highest BCUT2D eigenvalue weighted by Crippen LogP contribution is 2.41. The second kappa shape index (κ2) is 12.4. The number of carbonyl (C=O) groups is 1. The van der Waals surface area contributed by atoms with Gasteiger partial charge in [0.15, 0.2) is 11.5 Å². The van der Waals surface area contributed by atoms with Crippen LogP contribution in [0.15, 0.2) is 54.6 Å². The zero-order valence-corrected chi connectivity index (χ0v) is 22.7. The first-order valence-corrected chi connectivity index (χ1v) is 13.3. The number of anilines is 2. The quantitative estimate of drug-likeness (QED) is 0.423. The Morgan fingerprint density at radius 1 is 1.10 bits per heavy atom. The molecule has 0 spiro atoms. The van der Waals surface area contributed by atoms with Crippen LogP contribution < -0.4 is 24.8 Å². The smallest absolute Gasteiger partial charge is 0.238 e. The van der Waals surface area contributed by atoms with Crippen LogP contribution in [0.25, 0.3) is 11.3 Å². The molecule has 1 fully saturated rings. The Kier molecular flexibility index (Phi) is 8.48. The van der Waals surface area contributed by atoms with Gasteiger partial charge in [-0.3, -0.25) is 4.79 Å². The van der Waals surface area contributed by atoms with E-state index in [-0.39, 0.29) is 17.9 Å². The third-order valence-corrected chi connectivity index (χ3v) is 6.82. The average molecular weight is 533 g/mol. The first-order valence-electron chi connectivity index (χ1n) is 13.3. The molecule has 3 aromatic rings. The third kappa shape index (κ3) is 6.61. The van der Waals surface area contributed by atoms with Gasteiger partial charge < -0.3 is 34.5 Å². The summed E-state index contributed by atoms with van der Waals surface area (Å²) in [5.74, 6) is 1.77. The van der Waals surface area contributed by atoms with E-state index in [1.807, 2.05) is 42.5 Å². The maximum atomic E-state index is 12.6. The molecular formula is C30H36N4O5. The Balaban J connectivity index is 1.31. The Bertz CT molecular complexity index is 1290. The van der Waals surface area contributed by atoms with Crippen LogP contribution in [0.3, 0.4) is 0 Å². The van der Waals surface area contributed by atoms with Gasteiger partial charge in [0, 0.05) is 36.9 Å². The predicted molar refractivity (Wildman–Crippen MR) is 150 cm³/mol. The molecule has 3 heterocycles. The van der Waals surface area contributed by atoms with E-state index in [1.54, 1.807) is 7.11 Å². The molecule has 5 rings (SSSR count). The highest BCUT2D eigenvalue weighted by Gasteiger charge is 2.27. The number of fused-ring (bicyclic) bond motifs is 1. The van der Waals surface area contributed by atoms with Crippen LogP contribution in [0.5, 0.6) is 17.4 Å². The lowest BCUT2D eigenvalue weighted by molar-refractivity contribution is -0.128. The first kappa shape index (κ1) is 26.8. The Hall–Kier alpha value is -3.82. The molecule has 0 aliphatic carbocycles. The van der Waals surface area contributed by atoms with E-state index in [4.69, 9.17) is 23.9 Å². The number of nitrogens with one attached hydrogen (secondary N) is 2. The van der Waals surface area contributed by atoms with Crippen LogP contribution in [-0.4, -0.2) is 69.5 Å². The van der Waals surface area contributed by atoms with E-state index in [9.17, 15) is 4.79 Å². The van der Waals surface area contributed by atoms with Gasteiger partial charge in [0.1, 0.15) is 18.4 Å². The van der Waals surface area contributed by atoms with Gasteiger partial charge in [-0.1, -0.05) is 18.2 Å². The van der Waals surface area contributed by atoms with E-state index in [2.05, 4.69) is 41.8 Å². The van der Waals surface area contributed by atoms with Gasteiger partial charge >= 0.3 is 0 Å². The molecular weight excluding hydrogens is 496 g/mol. The molecule has 39 heavy (non-hydrogen) atoms. The molecule has 0 bridgehead atoms. The van der Waals surface area contributed by atoms with Gasteiger partial charge in [0.25, 0.3) is 0 Å². The van der Waals surface area contributed by atoms with Crippen molar-refractivity contribution in [1.29, 1.82) is 0 Å². The van der Waals surface area contributed by atoms with E-state index in [0.717, 1.165) is 36.3 Å². The van der Waals surface area contributed by atoms with Crippen LogP contribution in [0.4, 0.5) is 11.4 Å². The number of benzene rings is 2. The summed E-state index contributed by atoms with van der Waals surface area (Å²) in [6.45, 7) is 2.84. The highest BCUT2D eigenvalue weighted by molar-refractivity contribution is 5.79. The molecule has 0 saturated carbocycles. The minimum atomic E-state index is -0.306. The van der Waals surface area contributed by atoms with Crippen molar-refractivity contribution < 1.29 is 23.7 Å². The fourth-order valence-electron chi connectivity index (χ4n) is 4.86. The van der Waals surface area contributed by atoms with E-state index in [0.29, 0.717) is 49.4 Å². The number of carbonyl (C=O) groups excluding carboxylic acids is 1. The highest BCUT2D eigenvalue weighted by atomic mass is 16.6. The molecule has 206 valence electrons. The van der Waals surface area contributed by atoms with Crippen molar-refractivity contribution in [2.24, 2.45) is 5.92 Å². The number of rotatable bonds is 9. The maximum Gasteiger partial charge on any atom is 0.238 e. The fourth-order valence-corrected chi connectivity index (χ4v) is 4.86. The van der Waals surface area contributed by atoms with E-state index < -0.39 is 0 Å². The Morgan fingerprint density at radius 3 is 2.72 bits per heavy atom. The van der Waals surface area contributed by atoms with Crippen molar-refractivity contribution in [3.8, 4) is 28.6 Å². The summed E-state index contributed by atoms with van der Waals surface area (Å²) in [7, 11) is 5.71. The maximum absolute atomic E-state index is 12.6. The van der Waals surface area contributed by atoms with Crippen molar-refractivity contribution in [2.75, 3.05) is 52.9 Å². The monoisotopic (exact) mass is 532 g/mol. The molecule has 2 N–H and O–H groups in total. The molecule has 9 nitrogen and oxygen atoms in total. The number of hydrogen-bond donors (Lipinski definition) is 2. The summed E-state index contributed by atoms with van der Waals surface area (Å²) in [5.41, 5.74) is 4.43. The summed E-state index contributed by atoms with van der Waals surface area (Å²) in [4.78, 5) is 19.5. The standard InChI is InChI=1S/C30H36N4O5/c1-34(2)18-20-6-4-7-22(16-20)32-26-11-10-25(33-30(26)36-3)24-8-5-9-27-28(24)39-23(19-38-27)17-31-29(35)21-12-14-37-15-13-21/h4-11,16,21,23,32H,12-15,17-19H2,1-3H3,(H,31,35)/t23-/m0/s1. The summed E-state index contributed by atoms with van der Waals surface area (Å²) >= 11 is 0. The van der Waals surface area contributed by atoms with Crippen molar-refractivity contribution >= 4 is 17.3 Å². The average Bonchev–Trinajstić information content (AvgIpc) is 2.96. The number of hydrogen-bond acceptors (Lipinski definition) is 8. The molecule has 9 heteroatoms. The molecule has 1 atom stereocenters. The number of nitrogens with zero attached hydrogens (tertiary/aromatic N) is 2. The molecule has 1 saturated heterocycles. The lowest BCUT2D eigenvalue weighted by Gasteiger charge is -2.29. The van der Waals surface area contributed by atoms with Gasteiger partial charge in [-0.15, -0.1) is 0 Å². The van der Waals surface area contributed by atoms with Crippen molar-refractivity contribution in [2.45, 2.75) is 25.5 Å². The third-order valence-electron chi connectivity index (χ3n) is 6.82. The Labute approximate surface area is 229 Å². The summed E-state index contributed by atoms with van der Waals surface area (Å²) in [6, 6.07) is 17.9. The summed E-state index contributed by atoms with van der Waals surface area (Å²) in [6.07, 6.45) is 1.20. The lowest BCUT2D eigenvalue weighted by atomic mass is 9.99. The van der Waals surface area contributed by atoms with Gasteiger partial charge in [0.2, 0.25) is 11.8 Å². The van der Waals surface area contributed by atoms with Gasteiger partial charge in [-0.2, -0.15) is 0 Å². The van der Waals surface area contributed by atoms with Crippen molar-refractivity contribution in [1.82, 2.24) is 15.2 Å². The van der Waals surface area contributed by atoms with Crippen LogP contribution in [0, 0.1) is 5.92 Å². The van der Waals surface area contributed by atoms with Crippen LogP contribution in [0.2, 0.25) is 0 Å². The topological polar surface area (TPSA) is 94.2 Å². The fraction of sp³-hybridized carbons (Fsp3) is 0.400. The molecule has 1 aromatic heterocycles. The summed E-state index contributed by atoms with van der Waals surface area (Å²) < 4.78 is 23.4. The molecule has 1 amide bonds. The second-order valence-corrected chi connectivity index (χ2v) is 10.1. The number of aromatic nitrogens is 1. The largest absolute Gasteiger partial charge is 0.486 e. The number of ether oxygens (including phenoxy) is 4. The number of pyridine rings is 1. The molecule has 2 aliphatic heterocycles. The van der Waals surface area contributed by atoms with E-state index >= 15 is 0 Å². The van der Waals surface area contributed by atoms with Gasteiger partial charge in [-0.05, 0) is 68.9 Å². The minimum Gasteiger partial charge on any atom is -0.486 e. The van der Waals surface area contributed by atoms with Crippen molar-refractivity contribution in [3.05, 3.63) is 60.2 Å². The summed E-state index contributed by atoms with van der Waals surface area (Å²) in [5, 5.41) is 6.46. The van der Waals surface area contributed by atoms with Crippen LogP contribution in [-0.2, 0) is 16.1 Å². The first-order chi connectivity index (χ1) is 19.0. The van der Waals surface area contributed by atoms with Gasteiger partial charge in [0.05, 0.1) is 19.3 Å². The minimum absolute atomic E-state index is 0.00893. The number of amides is 1. The molecule has 2 aromatic carbocycles. The molecule has 0 unspecified atom stereocenters. The SMILES string of the molecule is COc1nc(-c2cccc3c2O[C@@H](CNC(=O)C2CCOCC2)CO3)ccc1Nc1cccc(CN(C)C)c1. The molecule has 0 radical (unpaired) electrons. The Morgan fingerprint density at radius 2 is 1.92 bits per heavy atom. The normalized spacial score (nSPS) is 17.1. The predicted octanol–water partition coefficient (Wildman–Crippen LogP) is 4.25. The zero-order valence-electron chi connectivity index (χ0n) is 22.7. The zero-order chi connectivity index (χ0) is 27.2. The van der Waals surface area contributed by atoms with Crippen molar-refractivity contribution in [3.63, 3.8) is 0 Å². The van der Waals surface area contributed by atoms with Gasteiger partial charge in [-0.25, -0.2) is 4.98 Å².